The maximum Gasteiger partial charge on any atom is 0.162 e. The van der Waals surface area contributed by atoms with Crippen LogP contribution in [-0.4, -0.2) is 45.6 Å². The molecule has 6 heteroatoms. The monoisotopic (exact) mass is 544 g/mol. The van der Waals surface area contributed by atoms with Gasteiger partial charge >= 0.3 is 0 Å². The first-order valence-corrected chi connectivity index (χ1v) is 14.8. The molecule has 0 bridgehead atoms. The highest BCUT2D eigenvalue weighted by molar-refractivity contribution is 5.64. The minimum Gasteiger partial charge on any atom is -0.508 e. The number of anilines is 1. The molecule has 1 unspecified atom stereocenters. The average Bonchev–Trinajstić information content (AvgIpc) is 2.96. The summed E-state index contributed by atoms with van der Waals surface area (Å²) >= 11 is 0. The number of aryl methyl sites for hydroxylation is 1. The lowest BCUT2D eigenvalue weighted by atomic mass is 9.79. The number of rotatable bonds is 13. The SMILES string of the molecule is CCN(Cc1ccc(OCCNCC2CCC2)cc1)c1cc(OC)c(OC)cc1C1CCc2cc(O)ccc2C1. The number of aromatic hydroxyl groups is 1. The quantitative estimate of drug-likeness (QED) is 0.240. The predicted octanol–water partition coefficient (Wildman–Crippen LogP) is 6.48. The van der Waals surface area contributed by atoms with E-state index in [1.165, 1.54) is 47.2 Å². The molecule has 2 aliphatic rings. The van der Waals surface area contributed by atoms with Gasteiger partial charge in [-0.15, -0.1) is 0 Å². The molecule has 1 saturated carbocycles. The number of methoxy groups -OCH3 is 2. The van der Waals surface area contributed by atoms with Crippen LogP contribution in [0.3, 0.4) is 0 Å². The van der Waals surface area contributed by atoms with Crippen LogP contribution in [0.2, 0.25) is 0 Å². The molecule has 3 aromatic rings. The summed E-state index contributed by atoms with van der Waals surface area (Å²) in [6.45, 7) is 6.55. The van der Waals surface area contributed by atoms with Crippen molar-refractivity contribution in [2.45, 2.75) is 57.9 Å². The van der Waals surface area contributed by atoms with E-state index in [0.29, 0.717) is 18.3 Å². The molecular formula is C34H44N2O4. The molecule has 1 atom stereocenters. The Kier molecular flexibility index (Phi) is 9.38. The summed E-state index contributed by atoms with van der Waals surface area (Å²) in [5.74, 6) is 3.99. The highest BCUT2D eigenvalue weighted by Gasteiger charge is 2.26. The van der Waals surface area contributed by atoms with Gasteiger partial charge in [-0.2, -0.15) is 0 Å². The Bertz CT molecular complexity index is 1260. The standard InChI is InChI=1S/C34H44N2O4/c1-4-36(23-25-8-14-30(15-9-25)40-17-16-35-22-24-6-5-7-24)32-21-34(39-3)33(38-2)20-31(32)28-11-10-27-19-29(37)13-12-26(27)18-28/h8-9,12-15,19-21,24,28,35,37H,4-7,10-11,16-18,22-23H2,1-3H3. The number of phenols is 1. The van der Waals surface area contributed by atoms with Crippen molar-refractivity contribution in [1.82, 2.24) is 5.32 Å². The van der Waals surface area contributed by atoms with E-state index in [1.807, 2.05) is 6.07 Å². The number of fused-ring (bicyclic) bond motifs is 1. The van der Waals surface area contributed by atoms with Gasteiger partial charge in [0.1, 0.15) is 18.1 Å². The molecule has 0 radical (unpaired) electrons. The van der Waals surface area contributed by atoms with E-state index in [9.17, 15) is 5.11 Å². The van der Waals surface area contributed by atoms with Gasteiger partial charge in [0, 0.05) is 31.4 Å². The molecular weight excluding hydrogens is 500 g/mol. The summed E-state index contributed by atoms with van der Waals surface area (Å²) in [5.41, 5.74) is 6.27. The van der Waals surface area contributed by atoms with Crippen LogP contribution < -0.4 is 24.4 Å². The fourth-order valence-corrected chi connectivity index (χ4v) is 6.01. The summed E-state index contributed by atoms with van der Waals surface area (Å²) < 4.78 is 17.4. The molecule has 5 rings (SSSR count). The van der Waals surface area contributed by atoms with E-state index < -0.39 is 0 Å². The minimum atomic E-state index is 0.346. The maximum absolute atomic E-state index is 9.95. The first-order valence-electron chi connectivity index (χ1n) is 14.8. The lowest BCUT2D eigenvalue weighted by Gasteiger charge is -2.32. The Morgan fingerprint density at radius 1 is 0.925 bits per heavy atom. The van der Waals surface area contributed by atoms with E-state index in [0.717, 1.165) is 68.6 Å². The van der Waals surface area contributed by atoms with Gasteiger partial charge in [0.2, 0.25) is 0 Å². The molecule has 3 aromatic carbocycles. The highest BCUT2D eigenvalue weighted by Crippen LogP contribution is 2.43. The smallest absolute Gasteiger partial charge is 0.162 e. The molecule has 0 aliphatic heterocycles. The van der Waals surface area contributed by atoms with E-state index in [2.05, 4.69) is 59.6 Å². The molecule has 214 valence electrons. The average molecular weight is 545 g/mol. The van der Waals surface area contributed by atoms with Crippen LogP contribution in [0.15, 0.2) is 54.6 Å². The second-order valence-electron chi connectivity index (χ2n) is 11.2. The molecule has 0 amide bonds. The summed E-state index contributed by atoms with van der Waals surface area (Å²) in [7, 11) is 3.40. The van der Waals surface area contributed by atoms with Crippen molar-refractivity contribution < 1.29 is 19.3 Å². The van der Waals surface area contributed by atoms with Crippen molar-refractivity contribution in [3.8, 4) is 23.0 Å². The number of ether oxygens (including phenoxy) is 3. The Balaban J connectivity index is 1.29. The van der Waals surface area contributed by atoms with Crippen LogP contribution in [-0.2, 0) is 19.4 Å². The topological polar surface area (TPSA) is 63.2 Å². The molecule has 6 nitrogen and oxygen atoms in total. The van der Waals surface area contributed by atoms with Crippen molar-refractivity contribution in [2.75, 3.05) is 45.4 Å². The maximum atomic E-state index is 9.95. The predicted molar refractivity (Wildman–Crippen MR) is 161 cm³/mol. The Hall–Kier alpha value is -3.38. The van der Waals surface area contributed by atoms with E-state index >= 15 is 0 Å². The number of hydrogen-bond acceptors (Lipinski definition) is 6. The van der Waals surface area contributed by atoms with Gasteiger partial charge < -0.3 is 29.5 Å². The van der Waals surface area contributed by atoms with Gasteiger partial charge in [-0.1, -0.05) is 24.6 Å². The van der Waals surface area contributed by atoms with Crippen molar-refractivity contribution in [3.63, 3.8) is 0 Å². The molecule has 40 heavy (non-hydrogen) atoms. The lowest BCUT2D eigenvalue weighted by molar-refractivity contribution is 0.276. The first-order chi connectivity index (χ1) is 19.6. The van der Waals surface area contributed by atoms with Gasteiger partial charge in [-0.3, -0.25) is 0 Å². The second-order valence-corrected chi connectivity index (χ2v) is 11.2. The van der Waals surface area contributed by atoms with Crippen molar-refractivity contribution in [3.05, 3.63) is 76.9 Å². The fraction of sp³-hybridized carbons (Fsp3) is 0.471. The van der Waals surface area contributed by atoms with E-state index in [-0.39, 0.29) is 0 Å². The normalized spacial score (nSPS) is 16.6. The Labute approximate surface area is 239 Å². The zero-order valence-electron chi connectivity index (χ0n) is 24.2. The second kappa shape index (κ2) is 13.3. The molecule has 0 aromatic heterocycles. The molecule has 0 spiro atoms. The molecule has 1 fully saturated rings. The van der Waals surface area contributed by atoms with Crippen LogP contribution in [0, 0.1) is 5.92 Å². The zero-order chi connectivity index (χ0) is 27.9. The molecule has 0 saturated heterocycles. The van der Waals surface area contributed by atoms with Crippen LogP contribution in [0.4, 0.5) is 5.69 Å². The van der Waals surface area contributed by atoms with Crippen LogP contribution in [0.1, 0.15) is 60.8 Å². The summed E-state index contributed by atoms with van der Waals surface area (Å²) in [6.07, 6.45) is 7.05. The van der Waals surface area contributed by atoms with Crippen LogP contribution >= 0.6 is 0 Å². The van der Waals surface area contributed by atoms with Gasteiger partial charge in [0.05, 0.1) is 14.2 Å². The number of nitrogens with one attached hydrogen (secondary N) is 1. The molecule has 2 aliphatic carbocycles. The number of hydrogen-bond donors (Lipinski definition) is 2. The number of nitrogens with zero attached hydrogens (tertiary/aromatic N) is 1. The summed E-state index contributed by atoms with van der Waals surface area (Å²) in [6, 6.07) is 18.6. The van der Waals surface area contributed by atoms with Gasteiger partial charge in [-0.25, -0.2) is 0 Å². The summed E-state index contributed by atoms with van der Waals surface area (Å²) in [4.78, 5) is 2.42. The largest absolute Gasteiger partial charge is 0.508 e. The van der Waals surface area contributed by atoms with Gasteiger partial charge in [0.15, 0.2) is 11.5 Å². The first kappa shape index (κ1) is 28.2. The summed E-state index contributed by atoms with van der Waals surface area (Å²) in [5, 5.41) is 13.5. The Morgan fingerprint density at radius 2 is 1.70 bits per heavy atom. The number of phenolic OH excluding ortho intramolecular Hbond substituents is 1. The van der Waals surface area contributed by atoms with E-state index in [1.54, 1.807) is 20.3 Å². The van der Waals surface area contributed by atoms with Crippen molar-refractivity contribution >= 4 is 5.69 Å². The third-order valence-corrected chi connectivity index (χ3v) is 8.62. The zero-order valence-corrected chi connectivity index (χ0v) is 24.2. The number of benzene rings is 3. The van der Waals surface area contributed by atoms with Crippen LogP contribution in [0.5, 0.6) is 23.0 Å². The molecule has 2 N–H and O–H groups in total. The third kappa shape index (κ3) is 6.67. The molecule has 0 heterocycles. The highest BCUT2D eigenvalue weighted by atomic mass is 16.5. The van der Waals surface area contributed by atoms with Crippen molar-refractivity contribution in [2.24, 2.45) is 5.92 Å². The van der Waals surface area contributed by atoms with Gasteiger partial charge in [-0.05, 0) is 110 Å². The third-order valence-electron chi connectivity index (χ3n) is 8.62. The minimum absolute atomic E-state index is 0.346. The van der Waals surface area contributed by atoms with E-state index in [4.69, 9.17) is 14.2 Å². The van der Waals surface area contributed by atoms with Gasteiger partial charge in [0.25, 0.3) is 0 Å². The fourth-order valence-electron chi connectivity index (χ4n) is 6.01. The van der Waals surface area contributed by atoms with Crippen molar-refractivity contribution in [1.29, 1.82) is 0 Å². The lowest BCUT2D eigenvalue weighted by Crippen LogP contribution is -2.30. The van der Waals surface area contributed by atoms with Crippen LogP contribution in [0.25, 0.3) is 0 Å². The Morgan fingerprint density at radius 3 is 2.40 bits per heavy atom.